The minimum Gasteiger partial charge on any atom is -0.396 e. The molecule has 1 aliphatic carbocycles. The Hall–Kier alpha value is -1.39. The predicted octanol–water partition coefficient (Wildman–Crippen LogP) is 2.05. The van der Waals surface area contributed by atoms with E-state index in [9.17, 15) is 9.90 Å². The fourth-order valence-corrected chi connectivity index (χ4v) is 4.66. The van der Waals surface area contributed by atoms with Crippen LogP contribution in [0, 0.1) is 24.2 Å². The van der Waals surface area contributed by atoms with Crippen LogP contribution in [0.25, 0.3) is 0 Å². The summed E-state index contributed by atoms with van der Waals surface area (Å²) < 4.78 is 0. The van der Waals surface area contributed by atoms with E-state index in [2.05, 4.69) is 41.0 Å². The number of aliphatic hydroxyl groups excluding tert-OH is 1. The molecule has 130 valence electrons. The quantitative estimate of drug-likeness (QED) is 0.920. The molecule has 0 radical (unpaired) electrons. The van der Waals surface area contributed by atoms with Gasteiger partial charge >= 0.3 is 0 Å². The number of benzene rings is 1. The molecule has 3 aliphatic rings. The van der Waals surface area contributed by atoms with Gasteiger partial charge in [-0.2, -0.15) is 0 Å². The average molecular weight is 328 g/mol. The van der Waals surface area contributed by atoms with Gasteiger partial charge in [-0.05, 0) is 44.2 Å². The molecule has 3 fully saturated rings. The number of carbonyl (C=O) groups excluding carboxylic acids is 1. The Morgan fingerprint density at radius 2 is 2.12 bits per heavy atom. The normalized spacial score (nSPS) is 30.4. The van der Waals surface area contributed by atoms with E-state index in [1.165, 1.54) is 11.1 Å². The van der Waals surface area contributed by atoms with Gasteiger partial charge in [0.25, 0.3) is 0 Å². The van der Waals surface area contributed by atoms with Crippen LogP contribution in [0.5, 0.6) is 0 Å². The van der Waals surface area contributed by atoms with Crippen LogP contribution in [-0.4, -0.2) is 53.6 Å². The molecule has 2 saturated heterocycles. The molecular formula is C20H28N2O2. The van der Waals surface area contributed by atoms with Crippen molar-refractivity contribution in [3.05, 3.63) is 35.4 Å². The van der Waals surface area contributed by atoms with Gasteiger partial charge in [-0.1, -0.05) is 29.8 Å². The lowest BCUT2D eigenvalue weighted by molar-refractivity contribution is -0.132. The first-order valence-electron chi connectivity index (χ1n) is 9.27. The Kier molecular flexibility index (Phi) is 4.13. The molecule has 4 rings (SSSR count). The van der Waals surface area contributed by atoms with Crippen molar-refractivity contribution < 1.29 is 9.90 Å². The standard InChI is InChI=1S/C20H28N2O2/c1-15-3-2-4-16(9-15)10-21-8-7-18-11-22(19(24)17-5-6-17)13-20(18,12-21)14-23/h2-4,9,17-18,23H,5-8,10-14H2,1H3. The molecule has 1 amide bonds. The number of likely N-dealkylation sites (tertiary alicyclic amines) is 2. The maximum absolute atomic E-state index is 12.4. The lowest BCUT2D eigenvalue weighted by atomic mass is 9.74. The van der Waals surface area contributed by atoms with Gasteiger partial charge in [0.1, 0.15) is 0 Å². The van der Waals surface area contributed by atoms with E-state index in [1.54, 1.807) is 0 Å². The van der Waals surface area contributed by atoms with E-state index in [-0.39, 0.29) is 17.9 Å². The van der Waals surface area contributed by atoms with Crippen molar-refractivity contribution in [2.24, 2.45) is 17.3 Å². The Balaban J connectivity index is 1.46. The highest BCUT2D eigenvalue weighted by Gasteiger charge is 2.51. The molecule has 1 saturated carbocycles. The fraction of sp³-hybridized carbons (Fsp3) is 0.650. The average Bonchev–Trinajstić information content (AvgIpc) is 3.34. The zero-order valence-electron chi connectivity index (χ0n) is 14.6. The van der Waals surface area contributed by atoms with Crippen LogP contribution in [0.1, 0.15) is 30.4 Å². The van der Waals surface area contributed by atoms with Gasteiger partial charge in [0.2, 0.25) is 5.91 Å². The van der Waals surface area contributed by atoms with Crippen molar-refractivity contribution in [1.82, 2.24) is 9.80 Å². The first-order valence-corrected chi connectivity index (χ1v) is 9.27. The minimum atomic E-state index is -0.118. The van der Waals surface area contributed by atoms with Crippen molar-refractivity contribution in [3.8, 4) is 0 Å². The zero-order chi connectivity index (χ0) is 16.7. The number of aliphatic hydroxyl groups is 1. The topological polar surface area (TPSA) is 43.8 Å². The number of hydrogen-bond acceptors (Lipinski definition) is 3. The Morgan fingerprint density at radius 1 is 1.29 bits per heavy atom. The summed E-state index contributed by atoms with van der Waals surface area (Å²) in [4.78, 5) is 17.0. The first-order chi connectivity index (χ1) is 11.6. The molecule has 2 aliphatic heterocycles. The maximum atomic E-state index is 12.4. The van der Waals surface area contributed by atoms with Crippen LogP contribution in [0.15, 0.2) is 24.3 Å². The van der Waals surface area contributed by atoms with Crippen LogP contribution >= 0.6 is 0 Å². The summed E-state index contributed by atoms with van der Waals surface area (Å²) >= 11 is 0. The summed E-state index contributed by atoms with van der Waals surface area (Å²) in [7, 11) is 0. The molecule has 0 aromatic heterocycles. The van der Waals surface area contributed by atoms with Crippen LogP contribution < -0.4 is 0 Å². The summed E-state index contributed by atoms with van der Waals surface area (Å²) in [5, 5.41) is 10.2. The number of rotatable bonds is 4. The number of carbonyl (C=O) groups is 1. The summed E-state index contributed by atoms with van der Waals surface area (Å²) in [6, 6.07) is 8.67. The monoisotopic (exact) mass is 328 g/mol. The molecule has 2 heterocycles. The molecule has 2 atom stereocenters. The second-order valence-electron chi connectivity index (χ2n) is 8.20. The third-order valence-corrected chi connectivity index (χ3v) is 6.19. The first kappa shape index (κ1) is 16.1. The third-order valence-electron chi connectivity index (χ3n) is 6.19. The lowest BCUT2D eigenvalue weighted by Crippen LogP contribution is -2.50. The molecule has 4 nitrogen and oxygen atoms in total. The summed E-state index contributed by atoms with van der Waals surface area (Å²) in [5.41, 5.74) is 2.51. The zero-order valence-corrected chi connectivity index (χ0v) is 14.6. The second kappa shape index (κ2) is 6.16. The molecular weight excluding hydrogens is 300 g/mol. The maximum Gasteiger partial charge on any atom is 0.225 e. The minimum absolute atomic E-state index is 0.118. The fourth-order valence-electron chi connectivity index (χ4n) is 4.66. The number of piperidine rings is 1. The van der Waals surface area contributed by atoms with E-state index in [4.69, 9.17) is 0 Å². The van der Waals surface area contributed by atoms with Gasteiger partial charge in [-0.3, -0.25) is 9.69 Å². The Labute approximate surface area is 144 Å². The van der Waals surface area contributed by atoms with Gasteiger partial charge in [-0.15, -0.1) is 0 Å². The summed E-state index contributed by atoms with van der Waals surface area (Å²) in [6.45, 7) is 6.82. The second-order valence-corrected chi connectivity index (χ2v) is 8.20. The van der Waals surface area contributed by atoms with Crippen molar-refractivity contribution in [1.29, 1.82) is 0 Å². The van der Waals surface area contributed by atoms with Gasteiger partial charge < -0.3 is 10.0 Å². The highest BCUT2D eigenvalue weighted by atomic mass is 16.3. The molecule has 1 N–H and O–H groups in total. The molecule has 0 bridgehead atoms. The van der Waals surface area contributed by atoms with Crippen molar-refractivity contribution in [3.63, 3.8) is 0 Å². The smallest absolute Gasteiger partial charge is 0.225 e. The molecule has 2 unspecified atom stereocenters. The highest BCUT2D eigenvalue weighted by molar-refractivity contribution is 5.81. The van der Waals surface area contributed by atoms with Crippen LogP contribution in [-0.2, 0) is 11.3 Å². The summed E-state index contributed by atoms with van der Waals surface area (Å²) in [6.07, 6.45) is 3.21. The third kappa shape index (κ3) is 2.98. The van der Waals surface area contributed by atoms with E-state index < -0.39 is 0 Å². The molecule has 1 aromatic rings. The predicted molar refractivity (Wildman–Crippen MR) is 93.4 cm³/mol. The van der Waals surface area contributed by atoms with Crippen molar-refractivity contribution in [2.45, 2.75) is 32.7 Å². The largest absolute Gasteiger partial charge is 0.396 e. The van der Waals surface area contributed by atoms with Crippen LogP contribution in [0.3, 0.4) is 0 Å². The summed E-state index contributed by atoms with van der Waals surface area (Å²) in [5.74, 6) is 1.07. The van der Waals surface area contributed by atoms with Gasteiger partial charge in [0, 0.05) is 37.5 Å². The highest BCUT2D eigenvalue weighted by Crippen LogP contribution is 2.44. The number of hydrogen-bond donors (Lipinski definition) is 1. The van der Waals surface area contributed by atoms with E-state index in [0.717, 1.165) is 52.0 Å². The Morgan fingerprint density at radius 3 is 2.83 bits per heavy atom. The van der Waals surface area contributed by atoms with E-state index in [0.29, 0.717) is 11.8 Å². The number of aryl methyl sites for hydroxylation is 1. The van der Waals surface area contributed by atoms with Crippen molar-refractivity contribution in [2.75, 3.05) is 32.8 Å². The van der Waals surface area contributed by atoms with E-state index >= 15 is 0 Å². The van der Waals surface area contributed by atoms with Crippen LogP contribution in [0.2, 0.25) is 0 Å². The van der Waals surface area contributed by atoms with Crippen molar-refractivity contribution >= 4 is 5.91 Å². The molecule has 0 spiro atoms. The number of amides is 1. The SMILES string of the molecule is Cc1cccc(CN2CCC3CN(C(=O)C4CC4)CC3(CO)C2)c1. The van der Waals surface area contributed by atoms with Crippen LogP contribution in [0.4, 0.5) is 0 Å². The van der Waals surface area contributed by atoms with Gasteiger partial charge in [0.15, 0.2) is 0 Å². The number of nitrogens with zero attached hydrogens (tertiary/aromatic N) is 2. The van der Waals surface area contributed by atoms with E-state index in [1.807, 2.05) is 0 Å². The molecule has 4 heteroatoms. The molecule has 24 heavy (non-hydrogen) atoms. The molecule has 1 aromatic carbocycles. The number of fused-ring (bicyclic) bond motifs is 1. The van der Waals surface area contributed by atoms with Gasteiger partial charge in [-0.25, -0.2) is 0 Å². The Bertz CT molecular complexity index is 628. The lowest BCUT2D eigenvalue weighted by Gasteiger charge is -2.43. The van der Waals surface area contributed by atoms with Gasteiger partial charge in [0.05, 0.1) is 6.61 Å².